The van der Waals surface area contributed by atoms with Crippen LogP contribution in [0.1, 0.15) is 12.5 Å². The SMILES string of the molecule is C=CCOc1ccccc1OCC(=O)Nc1nc2ccc(CC)cc2s1. The van der Waals surface area contributed by atoms with Gasteiger partial charge in [-0.05, 0) is 36.2 Å². The number of hydrogen-bond donors (Lipinski definition) is 1. The molecule has 0 aliphatic carbocycles. The third-order valence-corrected chi connectivity index (χ3v) is 4.61. The molecule has 1 heterocycles. The monoisotopic (exact) mass is 368 g/mol. The van der Waals surface area contributed by atoms with E-state index in [9.17, 15) is 4.79 Å². The minimum atomic E-state index is -0.265. The summed E-state index contributed by atoms with van der Waals surface area (Å²) in [6.07, 6.45) is 2.62. The lowest BCUT2D eigenvalue weighted by atomic mass is 10.2. The Balaban J connectivity index is 1.62. The first-order valence-electron chi connectivity index (χ1n) is 8.34. The lowest BCUT2D eigenvalue weighted by molar-refractivity contribution is -0.118. The number of fused-ring (bicyclic) bond motifs is 1. The van der Waals surface area contributed by atoms with E-state index in [1.165, 1.54) is 16.9 Å². The van der Waals surface area contributed by atoms with Crippen molar-refractivity contribution in [2.24, 2.45) is 0 Å². The number of rotatable bonds is 8. The lowest BCUT2D eigenvalue weighted by Crippen LogP contribution is -2.20. The van der Waals surface area contributed by atoms with Gasteiger partial charge in [-0.2, -0.15) is 0 Å². The molecule has 0 saturated heterocycles. The van der Waals surface area contributed by atoms with Crippen LogP contribution in [0, 0.1) is 0 Å². The van der Waals surface area contributed by atoms with Crippen molar-refractivity contribution >= 4 is 32.6 Å². The Hall–Kier alpha value is -2.86. The number of ether oxygens (including phenoxy) is 2. The van der Waals surface area contributed by atoms with E-state index in [4.69, 9.17) is 9.47 Å². The van der Waals surface area contributed by atoms with Crippen LogP contribution in [0.15, 0.2) is 55.1 Å². The number of anilines is 1. The second-order valence-electron chi connectivity index (χ2n) is 5.56. The van der Waals surface area contributed by atoms with Crippen LogP contribution in [0.3, 0.4) is 0 Å². The Morgan fingerprint density at radius 1 is 1.23 bits per heavy atom. The maximum Gasteiger partial charge on any atom is 0.264 e. The summed E-state index contributed by atoms with van der Waals surface area (Å²) in [5.74, 6) is 0.826. The molecule has 5 nitrogen and oxygen atoms in total. The summed E-state index contributed by atoms with van der Waals surface area (Å²) in [5.41, 5.74) is 2.13. The number of amides is 1. The number of aromatic nitrogens is 1. The molecule has 134 valence electrons. The van der Waals surface area contributed by atoms with Crippen LogP contribution in [0.25, 0.3) is 10.2 Å². The van der Waals surface area contributed by atoms with Crippen molar-refractivity contribution < 1.29 is 14.3 Å². The number of hydrogen-bond acceptors (Lipinski definition) is 5. The molecule has 3 aromatic rings. The second kappa shape index (κ2) is 8.49. The van der Waals surface area contributed by atoms with Gasteiger partial charge in [-0.25, -0.2) is 4.98 Å². The molecule has 0 spiro atoms. The van der Waals surface area contributed by atoms with Crippen LogP contribution in [-0.2, 0) is 11.2 Å². The molecule has 0 fully saturated rings. The summed E-state index contributed by atoms with van der Waals surface area (Å²) in [5, 5.41) is 3.36. The second-order valence-corrected chi connectivity index (χ2v) is 6.59. The number of benzene rings is 2. The van der Waals surface area contributed by atoms with Crippen LogP contribution in [-0.4, -0.2) is 24.1 Å². The number of thiazole rings is 1. The average Bonchev–Trinajstić information content (AvgIpc) is 3.06. The van der Waals surface area contributed by atoms with Crippen molar-refractivity contribution in [2.75, 3.05) is 18.5 Å². The zero-order valence-electron chi connectivity index (χ0n) is 14.5. The molecule has 26 heavy (non-hydrogen) atoms. The topological polar surface area (TPSA) is 60.5 Å². The number of nitrogens with zero attached hydrogens (tertiary/aromatic N) is 1. The van der Waals surface area contributed by atoms with Crippen molar-refractivity contribution in [1.82, 2.24) is 4.98 Å². The van der Waals surface area contributed by atoms with E-state index in [1.54, 1.807) is 18.2 Å². The molecule has 6 heteroatoms. The summed E-state index contributed by atoms with van der Waals surface area (Å²) in [6.45, 7) is 5.98. The minimum Gasteiger partial charge on any atom is -0.486 e. The fraction of sp³-hybridized carbons (Fsp3) is 0.200. The van der Waals surface area contributed by atoms with Gasteiger partial charge in [0.2, 0.25) is 0 Å². The van der Waals surface area contributed by atoms with Gasteiger partial charge in [-0.3, -0.25) is 10.1 Å². The third kappa shape index (κ3) is 4.40. The zero-order chi connectivity index (χ0) is 18.4. The Morgan fingerprint density at radius 3 is 2.73 bits per heavy atom. The van der Waals surface area contributed by atoms with Gasteiger partial charge in [0.15, 0.2) is 23.2 Å². The van der Waals surface area contributed by atoms with Gasteiger partial charge in [0, 0.05) is 0 Å². The number of carbonyl (C=O) groups excluding carboxylic acids is 1. The molecule has 1 N–H and O–H groups in total. The maximum absolute atomic E-state index is 12.2. The van der Waals surface area contributed by atoms with Crippen LogP contribution >= 0.6 is 11.3 Å². The number of nitrogens with one attached hydrogen (secondary N) is 1. The van der Waals surface area contributed by atoms with Crippen molar-refractivity contribution in [3.63, 3.8) is 0 Å². The molecule has 0 unspecified atom stereocenters. The van der Waals surface area contributed by atoms with Gasteiger partial charge in [-0.15, -0.1) is 0 Å². The van der Waals surface area contributed by atoms with Gasteiger partial charge in [0.25, 0.3) is 5.91 Å². The van der Waals surface area contributed by atoms with Gasteiger partial charge in [-0.1, -0.05) is 49.1 Å². The predicted molar refractivity (Wildman–Crippen MR) is 105 cm³/mol. The Labute approximate surface area is 156 Å². The first-order chi connectivity index (χ1) is 12.7. The molecule has 0 aliphatic rings. The molecule has 0 radical (unpaired) electrons. The Bertz CT molecular complexity index is 920. The number of aryl methyl sites for hydroxylation is 1. The highest BCUT2D eigenvalue weighted by Gasteiger charge is 2.11. The van der Waals surface area contributed by atoms with Crippen LogP contribution in [0.2, 0.25) is 0 Å². The fourth-order valence-electron chi connectivity index (χ4n) is 2.38. The van der Waals surface area contributed by atoms with E-state index in [-0.39, 0.29) is 12.5 Å². The molecule has 1 aromatic heterocycles. The highest BCUT2D eigenvalue weighted by Crippen LogP contribution is 2.28. The van der Waals surface area contributed by atoms with Crippen molar-refractivity contribution in [3.8, 4) is 11.5 Å². The van der Waals surface area contributed by atoms with E-state index < -0.39 is 0 Å². The summed E-state index contributed by atoms with van der Waals surface area (Å²) >= 11 is 1.46. The zero-order valence-corrected chi connectivity index (χ0v) is 15.3. The third-order valence-electron chi connectivity index (χ3n) is 3.67. The van der Waals surface area contributed by atoms with E-state index in [2.05, 4.69) is 35.9 Å². The molecular weight excluding hydrogens is 348 g/mol. The predicted octanol–water partition coefficient (Wildman–Crippen LogP) is 4.44. The highest BCUT2D eigenvalue weighted by molar-refractivity contribution is 7.22. The molecule has 2 aromatic carbocycles. The summed E-state index contributed by atoms with van der Waals surface area (Å²) < 4.78 is 12.2. The molecule has 0 saturated carbocycles. The largest absolute Gasteiger partial charge is 0.486 e. The van der Waals surface area contributed by atoms with E-state index in [0.717, 1.165) is 16.6 Å². The molecular formula is C20H20N2O3S. The smallest absolute Gasteiger partial charge is 0.264 e. The van der Waals surface area contributed by atoms with Crippen molar-refractivity contribution in [3.05, 3.63) is 60.7 Å². The summed E-state index contributed by atoms with van der Waals surface area (Å²) in [7, 11) is 0. The summed E-state index contributed by atoms with van der Waals surface area (Å²) in [6, 6.07) is 13.3. The quantitative estimate of drug-likeness (QED) is 0.597. The van der Waals surface area contributed by atoms with E-state index >= 15 is 0 Å². The Morgan fingerprint density at radius 2 is 2.00 bits per heavy atom. The van der Waals surface area contributed by atoms with Gasteiger partial charge in [0.05, 0.1) is 10.2 Å². The molecule has 0 atom stereocenters. The van der Waals surface area contributed by atoms with Crippen LogP contribution in [0.5, 0.6) is 11.5 Å². The fourth-order valence-corrected chi connectivity index (χ4v) is 3.32. The van der Waals surface area contributed by atoms with E-state index in [1.807, 2.05) is 18.2 Å². The maximum atomic E-state index is 12.2. The first kappa shape index (κ1) is 17.9. The van der Waals surface area contributed by atoms with Gasteiger partial charge >= 0.3 is 0 Å². The van der Waals surface area contributed by atoms with Gasteiger partial charge in [0.1, 0.15) is 6.61 Å². The van der Waals surface area contributed by atoms with Crippen LogP contribution in [0.4, 0.5) is 5.13 Å². The molecule has 0 bridgehead atoms. The lowest BCUT2D eigenvalue weighted by Gasteiger charge is -2.11. The van der Waals surface area contributed by atoms with Crippen molar-refractivity contribution in [1.29, 1.82) is 0 Å². The standard InChI is InChI=1S/C20H20N2O3S/c1-3-11-24-16-7-5-6-8-17(16)25-13-19(23)22-20-21-15-10-9-14(4-2)12-18(15)26-20/h3,5-10,12H,1,4,11,13H2,2H3,(H,21,22,23). The highest BCUT2D eigenvalue weighted by atomic mass is 32.1. The summed E-state index contributed by atoms with van der Waals surface area (Å²) in [4.78, 5) is 16.6. The normalized spacial score (nSPS) is 10.5. The van der Waals surface area contributed by atoms with E-state index in [0.29, 0.717) is 23.2 Å². The Kier molecular flexibility index (Phi) is 5.86. The molecule has 0 aliphatic heterocycles. The molecule has 1 amide bonds. The minimum absolute atomic E-state index is 0.120. The molecule has 3 rings (SSSR count). The first-order valence-corrected chi connectivity index (χ1v) is 9.16. The van der Waals surface area contributed by atoms with Crippen LogP contribution < -0.4 is 14.8 Å². The number of para-hydroxylation sites is 2. The average molecular weight is 368 g/mol. The number of carbonyl (C=O) groups is 1. The van der Waals surface area contributed by atoms with Crippen molar-refractivity contribution in [2.45, 2.75) is 13.3 Å². The van der Waals surface area contributed by atoms with Gasteiger partial charge < -0.3 is 9.47 Å².